The minimum atomic E-state index is -3.75. The molecule has 1 amide bonds. The van der Waals surface area contributed by atoms with Crippen molar-refractivity contribution in [2.75, 3.05) is 13.7 Å². The lowest BCUT2D eigenvalue weighted by Gasteiger charge is -2.26. The van der Waals surface area contributed by atoms with Gasteiger partial charge in [-0.1, -0.05) is 23.7 Å². The molecule has 0 saturated heterocycles. The van der Waals surface area contributed by atoms with Gasteiger partial charge in [0.1, 0.15) is 29.7 Å². The van der Waals surface area contributed by atoms with E-state index >= 15 is 0 Å². The fourth-order valence-corrected chi connectivity index (χ4v) is 4.60. The molecule has 0 radical (unpaired) electrons. The predicted molar refractivity (Wildman–Crippen MR) is 133 cm³/mol. The molecule has 1 fully saturated rings. The number of nitrogens with one attached hydrogen (secondary N) is 2. The summed E-state index contributed by atoms with van der Waals surface area (Å²) in [5, 5.41) is 16.4. The number of hydrogen-bond donors (Lipinski definition) is 3. The van der Waals surface area contributed by atoms with E-state index in [1.807, 2.05) is 0 Å². The number of carbonyl (C=O) groups excluding carboxylic acids is 1. The van der Waals surface area contributed by atoms with Gasteiger partial charge in [0.15, 0.2) is 5.82 Å². The molecule has 3 N–H and O–H groups in total. The Kier molecular flexibility index (Phi) is 6.66. The van der Waals surface area contributed by atoms with E-state index in [2.05, 4.69) is 15.4 Å². The minimum absolute atomic E-state index is 0.0113. The Balaban J connectivity index is 1.58. The fraction of sp³-hybridized carbons (Fsp3) is 0.269. The summed E-state index contributed by atoms with van der Waals surface area (Å²) in [6, 6.07) is 7.07. The van der Waals surface area contributed by atoms with E-state index in [0.717, 1.165) is 24.3 Å². The van der Waals surface area contributed by atoms with Gasteiger partial charge >= 0.3 is 0 Å². The number of aromatic amines is 1. The first-order valence-electron chi connectivity index (χ1n) is 11.7. The molecule has 4 aromatic rings. The van der Waals surface area contributed by atoms with Gasteiger partial charge in [0.25, 0.3) is 17.4 Å². The third-order valence-corrected chi connectivity index (χ3v) is 6.76. The van der Waals surface area contributed by atoms with Crippen molar-refractivity contribution in [3.8, 4) is 17.1 Å². The summed E-state index contributed by atoms with van der Waals surface area (Å²) < 4.78 is 49.3. The summed E-state index contributed by atoms with van der Waals surface area (Å²) in [6.07, 6.45) is 2.75. The Morgan fingerprint density at radius 2 is 2.00 bits per heavy atom. The first kappa shape index (κ1) is 25.8. The van der Waals surface area contributed by atoms with Gasteiger partial charge in [-0.05, 0) is 54.7 Å². The van der Waals surface area contributed by atoms with Crippen LogP contribution in [0.15, 0.2) is 53.5 Å². The average Bonchev–Trinajstić information content (AvgIpc) is 3.67. The topological polar surface area (TPSA) is 109 Å². The second-order valence-electron chi connectivity index (χ2n) is 9.05. The monoisotopic (exact) mass is 546 g/mol. The summed E-state index contributed by atoms with van der Waals surface area (Å²) in [7, 11) is 1.45. The highest BCUT2D eigenvalue weighted by Gasteiger charge is 2.42. The number of hydrogen-bond acceptors (Lipinski definition) is 5. The maximum absolute atomic E-state index is 14.7. The number of methoxy groups -OCH3 is 1. The second-order valence-corrected chi connectivity index (χ2v) is 9.46. The highest BCUT2D eigenvalue weighted by molar-refractivity contribution is 6.32. The average molecular weight is 547 g/mol. The minimum Gasteiger partial charge on any atom is -0.495 e. The highest BCUT2D eigenvalue weighted by Crippen LogP contribution is 2.44. The van der Waals surface area contributed by atoms with Crippen LogP contribution in [0.5, 0.6) is 5.75 Å². The van der Waals surface area contributed by atoms with Crippen molar-refractivity contribution in [1.82, 2.24) is 19.9 Å². The number of ether oxygens (including phenoxy) is 1. The first-order valence-corrected chi connectivity index (χ1v) is 12.0. The lowest BCUT2D eigenvalue weighted by Crippen LogP contribution is -2.43. The zero-order chi connectivity index (χ0) is 27.2. The number of aliphatic hydroxyl groups excluding tert-OH is 1. The number of H-pyrrole nitrogens is 1. The Hall–Kier alpha value is -3.83. The first-order chi connectivity index (χ1) is 18.1. The van der Waals surface area contributed by atoms with Crippen LogP contribution in [-0.4, -0.2) is 45.3 Å². The van der Waals surface area contributed by atoms with E-state index in [4.69, 9.17) is 16.3 Å². The summed E-state index contributed by atoms with van der Waals surface area (Å²) in [6.45, 7) is -1.54. The van der Waals surface area contributed by atoms with Gasteiger partial charge < -0.3 is 20.1 Å². The van der Waals surface area contributed by atoms with Crippen LogP contribution >= 0.6 is 11.6 Å². The Morgan fingerprint density at radius 3 is 2.63 bits per heavy atom. The molecule has 2 aromatic carbocycles. The summed E-state index contributed by atoms with van der Waals surface area (Å²) >= 11 is 6.09. The molecule has 1 saturated carbocycles. The smallest absolute Gasteiger partial charge is 0.294 e. The van der Waals surface area contributed by atoms with Gasteiger partial charge in [-0.3, -0.25) is 9.59 Å². The van der Waals surface area contributed by atoms with Crippen molar-refractivity contribution in [3.63, 3.8) is 0 Å². The van der Waals surface area contributed by atoms with E-state index in [1.165, 1.54) is 17.8 Å². The number of alkyl halides is 2. The number of nitrogens with zero attached hydrogens (tertiary/aromatic N) is 2. The molecular weight excluding hydrogens is 525 g/mol. The number of rotatable bonds is 8. The third kappa shape index (κ3) is 4.74. The fourth-order valence-electron chi connectivity index (χ4n) is 4.40. The van der Waals surface area contributed by atoms with E-state index in [1.54, 1.807) is 18.2 Å². The molecule has 1 aliphatic carbocycles. The maximum Gasteiger partial charge on any atom is 0.294 e. The zero-order valence-corrected chi connectivity index (χ0v) is 20.7. The molecule has 1 aliphatic rings. The summed E-state index contributed by atoms with van der Waals surface area (Å²) in [4.78, 5) is 29.3. The van der Waals surface area contributed by atoms with Gasteiger partial charge in [0, 0.05) is 17.3 Å². The summed E-state index contributed by atoms with van der Waals surface area (Å²) in [5.74, 6) is -4.84. The Bertz CT molecular complexity index is 1580. The molecule has 0 spiro atoms. The molecule has 2 aromatic heterocycles. The quantitative estimate of drug-likeness (QED) is 0.302. The van der Waals surface area contributed by atoms with Crippen LogP contribution in [0, 0.1) is 5.82 Å². The van der Waals surface area contributed by atoms with Crippen LogP contribution in [0.25, 0.3) is 16.9 Å². The highest BCUT2D eigenvalue weighted by atomic mass is 35.5. The molecule has 2 heterocycles. The molecule has 5 rings (SSSR count). The van der Waals surface area contributed by atoms with Crippen molar-refractivity contribution in [2.45, 2.75) is 30.7 Å². The van der Waals surface area contributed by atoms with Crippen LogP contribution in [0.1, 0.15) is 46.3 Å². The molecule has 0 aliphatic heterocycles. The predicted octanol–water partition coefficient (Wildman–Crippen LogP) is 4.47. The van der Waals surface area contributed by atoms with Crippen LogP contribution in [0.2, 0.25) is 5.02 Å². The van der Waals surface area contributed by atoms with Gasteiger partial charge in [-0.15, -0.1) is 5.10 Å². The lowest BCUT2D eigenvalue weighted by atomic mass is 9.99. The molecule has 12 heteroatoms. The van der Waals surface area contributed by atoms with E-state index < -0.39 is 35.9 Å². The van der Waals surface area contributed by atoms with Crippen molar-refractivity contribution in [2.24, 2.45) is 0 Å². The van der Waals surface area contributed by atoms with E-state index in [9.17, 15) is 27.9 Å². The SMILES string of the molecule is COc1cc(-c2nn3cc(C(=O)NC(c4ccc(F)cc4)C(F)(F)CO)c(C4CC4)c3c(=O)[nH]2)ccc1Cl. The number of fused-ring (bicyclic) bond motifs is 1. The van der Waals surface area contributed by atoms with Gasteiger partial charge in [-0.25, -0.2) is 17.7 Å². The molecule has 1 unspecified atom stereocenters. The number of halogens is 4. The standard InChI is InChI=1S/C26H22ClF3N4O4/c1-38-19-10-15(6-9-18(19)27)23-32-25(37)21-20(13-2-3-13)17(11-34(21)33-23)24(36)31-22(26(29,30)12-35)14-4-7-16(28)8-5-14/h4-11,13,22,35H,2-3,12H2,1H3,(H,31,36)(H,32,33,37). The number of aromatic nitrogens is 3. The lowest BCUT2D eigenvalue weighted by molar-refractivity contribution is -0.0785. The number of benzene rings is 2. The second kappa shape index (κ2) is 9.80. The van der Waals surface area contributed by atoms with Crippen molar-refractivity contribution >= 4 is 23.0 Å². The van der Waals surface area contributed by atoms with Crippen LogP contribution < -0.4 is 15.6 Å². The van der Waals surface area contributed by atoms with E-state index in [0.29, 0.717) is 34.7 Å². The van der Waals surface area contributed by atoms with Gasteiger partial charge in [-0.2, -0.15) is 0 Å². The molecule has 0 bridgehead atoms. The molecule has 1 atom stereocenters. The third-order valence-electron chi connectivity index (χ3n) is 6.45. The van der Waals surface area contributed by atoms with Gasteiger partial charge in [0.05, 0.1) is 17.7 Å². The van der Waals surface area contributed by atoms with Crippen molar-refractivity contribution < 1.29 is 27.8 Å². The van der Waals surface area contributed by atoms with E-state index in [-0.39, 0.29) is 28.4 Å². The number of carbonyl (C=O) groups is 1. The largest absolute Gasteiger partial charge is 0.495 e. The van der Waals surface area contributed by atoms with Crippen molar-refractivity contribution in [1.29, 1.82) is 0 Å². The number of aliphatic hydroxyl groups is 1. The normalized spacial score (nSPS) is 14.5. The molecule has 38 heavy (non-hydrogen) atoms. The molecule has 198 valence electrons. The summed E-state index contributed by atoms with van der Waals surface area (Å²) in [5.41, 5.74) is 0.441. The Labute approximate surface area is 219 Å². The zero-order valence-electron chi connectivity index (χ0n) is 20.0. The van der Waals surface area contributed by atoms with Crippen LogP contribution in [0.4, 0.5) is 13.2 Å². The number of amides is 1. The van der Waals surface area contributed by atoms with Crippen LogP contribution in [-0.2, 0) is 0 Å². The molecule has 8 nitrogen and oxygen atoms in total. The van der Waals surface area contributed by atoms with Crippen LogP contribution in [0.3, 0.4) is 0 Å². The molecular formula is C26H22ClF3N4O4. The maximum atomic E-state index is 14.7. The Morgan fingerprint density at radius 1 is 1.29 bits per heavy atom. The van der Waals surface area contributed by atoms with Crippen molar-refractivity contribution in [3.05, 3.63) is 86.5 Å². The van der Waals surface area contributed by atoms with Gasteiger partial charge in [0.2, 0.25) is 0 Å².